The van der Waals surface area contributed by atoms with E-state index in [9.17, 15) is 0 Å². The van der Waals surface area contributed by atoms with Gasteiger partial charge in [-0.3, -0.25) is 15.0 Å². The van der Waals surface area contributed by atoms with Gasteiger partial charge in [-0.25, -0.2) is 4.98 Å². The Kier molecular flexibility index (Phi) is 6.76. The van der Waals surface area contributed by atoms with Crippen molar-refractivity contribution in [2.24, 2.45) is 0 Å². The minimum Gasteiger partial charge on any atom is -0.264 e. The van der Waals surface area contributed by atoms with Crippen molar-refractivity contribution >= 4 is 32.6 Å². The molecule has 4 heteroatoms. The Morgan fingerprint density at radius 1 is 0.354 bits per heavy atom. The van der Waals surface area contributed by atoms with Crippen LogP contribution in [0.4, 0.5) is 0 Å². The molecule has 0 fully saturated rings. The smallest absolute Gasteiger partial charge is 0.0978 e. The molecule has 0 saturated heterocycles. The Labute approximate surface area is 278 Å². The van der Waals surface area contributed by atoms with Gasteiger partial charge in [-0.05, 0) is 98.8 Å². The molecule has 0 radical (unpaired) electrons. The van der Waals surface area contributed by atoms with E-state index in [0.717, 1.165) is 83.0 Å². The number of fused-ring (bicyclic) bond motifs is 4. The van der Waals surface area contributed by atoms with Gasteiger partial charge in [-0.2, -0.15) is 0 Å². The van der Waals surface area contributed by atoms with Crippen LogP contribution in [0.1, 0.15) is 0 Å². The fourth-order valence-corrected chi connectivity index (χ4v) is 6.61. The van der Waals surface area contributed by atoms with E-state index in [1.807, 2.05) is 49.2 Å². The lowest BCUT2D eigenvalue weighted by atomic mass is 9.93. The van der Waals surface area contributed by atoms with Gasteiger partial charge in [-0.15, -0.1) is 0 Å². The van der Waals surface area contributed by atoms with Crippen molar-refractivity contribution in [2.75, 3.05) is 0 Å². The highest BCUT2D eigenvalue weighted by Crippen LogP contribution is 2.37. The summed E-state index contributed by atoms with van der Waals surface area (Å²) in [6, 6.07) is 49.3. The maximum absolute atomic E-state index is 5.24. The van der Waals surface area contributed by atoms with Crippen LogP contribution in [0, 0.1) is 0 Å². The lowest BCUT2D eigenvalue weighted by molar-refractivity contribution is 1.32. The summed E-state index contributed by atoms with van der Waals surface area (Å²) in [6.45, 7) is 0. The van der Waals surface area contributed by atoms with Gasteiger partial charge >= 0.3 is 0 Å². The maximum Gasteiger partial charge on any atom is 0.0978 e. The molecular weight excluding hydrogens is 585 g/mol. The molecule has 0 atom stereocenters. The first-order chi connectivity index (χ1) is 23.8. The quantitative estimate of drug-likeness (QED) is 0.181. The first-order valence-electron chi connectivity index (χ1n) is 16.0. The van der Waals surface area contributed by atoms with Gasteiger partial charge in [0.15, 0.2) is 0 Å². The molecule has 0 N–H and O–H groups in total. The summed E-state index contributed by atoms with van der Waals surface area (Å²) < 4.78 is 0. The standard InChI is InChI=1S/C44H28N4/c1-2-7-29(8-3-1)41-26-42(48-44-40(41)17-16-30-9-6-20-47-43(30)44)34-15-14-31-21-33(13-12-32(31)22-34)37-23-38(35-10-4-18-45-27-35)25-39(24-37)36-11-5-19-46-28-36/h1-28H. The van der Waals surface area contributed by atoms with E-state index in [1.54, 1.807) is 0 Å². The van der Waals surface area contributed by atoms with Crippen LogP contribution in [0.25, 0.3) is 88.3 Å². The molecule has 0 unspecified atom stereocenters. The normalized spacial score (nSPS) is 11.3. The van der Waals surface area contributed by atoms with Crippen LogP contribution in [0.2, 0.25) is 0 Å². The summed E-state index contributed by atoms with van der Waals surface area (Å²) >= 11 is 0. The molecule has 0 aliphatic carbocycles. The van der Waals surface area contributed by atoms with Crippen LogP contribution in [0.5, 0.6) is 0 Å². The molecule has 0 aliphatic rings. The number of nitrogens with zero attached hydrogens (tertiary/aromatic N) is 4. The molecule has 48 heavy (non-hydrogen) atoms. The van der Waals surface area contributed by atoms with Crippen molar-refractivity contribution < 1.29 is 0 Å². The van der Waals surface area contributed by atoms with Crippen molar-refractivity contribution in [1.29, 1.82) is 0 Å². The van der Waals surface area contributed by atoms with Gasteiger partial charge in [0.25, 0.3) is 0 Å². The van der Waals surface area contributed by atoms with E-state index < -0.39 is 0 Å². The average molecular weight is 613 g/mol. The highest BCUT2D eigenvalue weighted by atomic mass is 14.8. The van der Waals surface area contributed by atoms with Crippen molar-refractivity contribution in [1.82, 2.24) is 19.9 Å². The number of hydrogen-bond acceptors (Lipinski definition) is 4. The second-order valence-electron chi connectivity index (χ2n) is 12.0. The summed E-state index contributed by atoms with van der Waals surface area (Å²) in [6.07, 6.45) is 9.29. The van der Waals surface area contributed by atoms with Crippen LogP contribution in [0.3, 0.4) is 0 Å². The van der Waals surface area contributed by atoms with Crippen LogP contribution < -0.4 is 0 Å². The van der Waals surface area contributed by atoms with E-state index in [-0.39, 0.29) is 0 Å². The summed E-state index contributed by atoms with van der Waals surface area (Å²) in [5, 5.41) is 4.51. The molecule has 0 amide bonds. The number of aromatic nitrogens is 4. The molecule has 0 aliphatic heterocycles. The third-order valence-corrected chi connectivity index (χ3v) is 9.03. The van der Waals surface area contributed by atoms with Gasteiger partial charge in [-0.1, -0.05) is 84.9 Å². The van der Waals surface area contributed by atoms with Gasteiger partial charge < -0.3 is 0 Å². The zero-order valence-corrected chi connectivity index (χ0v) is 26.0. The zero-order chi connectivity index (χ0) is 31.9. The zero-order valence-electron chi connectivity index (χ0n) is 26.0. The van der Waals surface area contributed by atoms with E-state index in [2.05, 4.69) is 131 Å². The van der Waals surface area contributed by atoms with E-state index in [1.165, 1.54) is 5.39 Å². The fourth-order valence-electron chi connectivity index (χ4n) is 6.61. The molecule has 0 saturated carbocycles. The van der Waals surface area contributed by atoms with Crippen LogP contribution in [-0.2, 0) is 0 Å². The molecule has 9 rings (SSSR count). The number of benzene rings is 5. The lowest BCUT2D eigenvalue weighted by Gasteiger charge is -2.13. The lowest BCUT2D eigenvalue weighted by Crippen LogP contribution is -1.92. The second kappa shape index (κ2) is 11.7. The molecule has 0 spiro atoms. The summed E-state index contributed by atoms with van der Waals surface area (Å²) in [4.78, 5) is 18.7. The van der Waals surface area contributed by atoms with Gasteiger partial charge in [0.05, 0.1) is 16.7 Å². The second-order valence-corrected chi connectivity index (χ2v) is 12.0. The predicted molar refractivity (Wildman–Crippen MR) is 197 cm³/mol. The third kappa shape index (κ3) is 5.06. The third-order valence-electron chi connectivity index (χ3n) is 9.03. The van der Waals surface area contributed by atoms with Crippen LogP contribution >= 0.6 is 0 Å². The van der Waals surface area contributed by atoms with Crippen LogP contribution in [0.15, 0.2) is 171 Å². The summed E-state index contributed by atoms with van der Waals surface area (Å²) in [5.74, 6) is 0. The molecule has 5 aromatic carbocycles. The van der Waals surface area contributed by atoms with Crippen molar-refractivity contribution in [2.45, 2.75) is 0 Å². The first kappa shape index (κ1) is 27.8. The Morgan fingerprint density at radius 2 is 0.958 bits per heavy atom. The van der Waals surface area contributed by atoms with Gasteiger partial charge in [0.2, 0.25) is 0 Å². The highest BCUT2D eigenvalue weighted by Gasteiger charge is 2.14. The largest absolute Gasteiger partial charge is 0.264 e. The molecule has 4 nitrogen and oxygen atoms in total. The fraction of sp³-hybridized carbons (Fsp3) is 0. The number of pyridine rings is 4. The van der Waals surface area contributed by atoms with E-state index >= 15 is 0 Å². The number of hydrogen-bond donors (Lipinski definition) is 0. The maximum atomic E-state index is 5.24. The Bertz CT molecular complexity index is 2540. The summed E-state index contributed by atoms with van der Waals surface area (Å²) in [7, 11) is 0. The van der Waals surface area contributed by atoms with Gasteiger partial charge in [0.1, 0.15) is 0 Å². The Balaban J connectivity index is 1.17. The van der Waals surface area contributed by atoms with Crippen molar-refractivity contribution in [3.8, 4) is 55.8 Å². The molecule has 4 aromatic heterocycles. The Morgan fingerprint density at radius 3 is 1.65 bits per heavy atom. The molecule has 9 aromatic rings. The molecule has 0 bridgehead atoms. The SMILES string of the molecule is c1ccc(-c2cc(-c3ccc4cc(-c5cc(-c6cccnc6)cc(-c6cccnc6)c5)ccc4c3)nc3c2ccc2cccnc23)cc1. The topological polar surface area (TPSA) is 51.6 Å². The van der Waals surface area contributed by atoms with Crippen LogP contribution in [-0.4, -0.2) is 19.9 Å². The predicted octanol–water partition coefficient (Wildman–Crippen LogP) is 11.1. The minimum absolute atomic E-state index is 0.915. The molecule has 224 valence electrons. The first-order valence-corrected chi connectivity index (χ1v) is 16.0. The highest BCUT2D eigenvalue weighted by molar-refractivity contribution is 6.09. The molecule has 4 heterocycles. The van der Waals surface area contributed by atoms with E-state index in [4.69, 9.17) is 9.97 Å². The van der Waals surface area contributed by atoms with Gasteiger partial charge in [0, 0.05) is 58.4 Å². The minimum atomic E-state index is 0.915. The van der Waals surface area contributed by atoms with Crippen molar-refractivity contribution in [3.63, 3.8) is 0 Å². The van der Waals surface area contributed by atoms with Crippen molar-refractivity contribution in [3.05, 3.63) is 171 Å². The average Bonchev–Trinajstić information content (AvgIpc) is 3.18. The molecular formula is C44H28N4. The number of rotatable bonds is 5. The van der Waals surface area contributed by atoms with E-state index in [0.29, 0.717) is 0 Å². The monoisotopic (exact) mass is 612 g/mol. The summed E-state index contributed by atoms with van der Waals surface area (Å²) in [5.41, 5.74) is 12.8. The Hall–Kier alpha value is -6.52.